The van der Waals surface area contributed by atoms with Gasteiger partial charge in [-0.2, -0.15) is 0 Å². The van der Waals surface area contributed by atoms with Crippen LogP contribution in [0.3, 0.4) is 0 Å². The summed E-state index contributed by atoms with van der Waals surface area (Å²) in [6, 6.07) is 0. The third kappa shape index (κ3) is 0.977. The van der Waals surface area contributed by atoms with Crippen LogP contribution in [-0.2, 0) is 0 Å². The third-order valence-electron chi connectivity index (χ3n) is 5.24. The van der Waals surface area contributed by atoms with Crippen molar-refractivity contribution in [3.05, 3.63) is 23.8 Å². The van der Waals surface area contributed by atoms with Crippen LogP contribution in [0.1, 0.15) is 33.6 Å². The van der Waals surface area contributed by atoms with E-state index in [4.69, 9.17) is 0 Å². The van der Waals surface area contributed by atoms with Crippen LogP contribution in [0.5, 0.6) is 0 Å². The quantitative estimate of drug-likeness (QED) is 0.601. The van der Waals surface area contributed by atoms with E-state index in [0.717, 1.165) is 12.8 Å². The van der Waals surface area contributed by atoms with E-state index in [1.54, 1.807) is 5.57 Å². The summed E-state index contributed by atoms with van der Waals surface area (Å²) in [5, 5.41) is 10.5. The maximum atomic E-state index is 10.5. The summed E-state index contributed by atoms with van der Waals surface area (Å²) in [6.45, 7) is 6.74. The zero-order valence-electron chi connectivity index (χ0n) is 9.83. The van der Waals surface area contributed by atoms with Crippen LogP contribution < -0.4 is 0 Å². The molecule has 0 aromatic rings. The molecule has 4 aliphatic rings. The van der Waals surface area contributed by atoms with E-state index in [0.29, 0.717) is 11.8 Å². The van der Waals surface area contributed by atoms with E-state index in [2.05, 4.69) is 39.0 Å². The molecular weight excluding hydrogens is 184 g/mol. The monoisotopic (exact) mass is 204 g/mol. The molecular formula is C14H20O. The average Bonchev–Trinajstić information content (AvgIpc) is 2.21. The molecule has 1 heteroatoms. The van der Waals surface area contributed by atoms with Crippen molar-refractivity contribution in [2.24, 2.45) is 22.7 Å². The molecule has 1 N–H and O–H groups in total. The molecule has 0 spiro atoms. The van der Waals surface area contributed by atoms with Gasteiger partial charge in [-0.3, -0.25) is 0 Å². The topological polar surface area (TPSA) is 20.2 Å². The molecule has 4 rings (SSSR count). The van der Waals surface area contributed by atoms with Crippen molar-refractivity contribution >= 4 is 0 Å². The average molecular weight is 204 g/mol. The van der Waals surface area contributed by atoms with Gasteiger partial charge in [-0.1, -0.05) is 37.6 Å². The minimum atomic E-state index is -0.166. The maximum absolute atomic E-state index is 10.5. The van der Waals surface area contributed by atoms with Gasteiger partial charge in [-0.15, -0.1) is 0 Å². The Labute approximate surface area is 91.9 Å². The summed E-state index contributed by atoms with van der Waals surface area (Å²) in [5.41, 5.74) is 1.65. The first kappa shape index (κ1) is 9.65. The molecule has 1 nitrogen and oxygen atoms in total. The fourth-order valence-electron chi connectivity index (χ4n) is 4.17. The van der Waals surface area contributed by atoms with Gasteiger partial charge in [-0.05, 0) is 31.6 Å². The molecule has 0 aromatic carbocycles. The number of aliphatic hydroxyl groups excluding tert-OH is 1. The smallest absolute Gasteiger partial charge is 0.0690 e. The van der Waals surface area contributed by atoms with Gasteiger partial charge in [0.25, 0.3) is 0 Å². The normalized spacial score (nSPS) is 56.8. The molecule has 1 saturated carbocycles. The number of hydrogen-bond donors (Lipinski definition) is 1. The van der Waals surface area contributed by atoms with E-state index in [9.17, 15) is 5.11 Å². The van der Waals surface area contributed by atoms with Crippen LogP contribution in [0.2, 0.25) is 0 Å². The van der Waals surface area contributed by atoms with Crippen LogP contribution in [0.15, 0.2) is 23.8 Å². The molecule has 4 bridgehead atoms. The van der Waals surface area contributed by atoms with Crippen molar-refractivity contribution in [1.29, 1.82) is 0 Å². The fraction of sp³-hybridized carbons (Fsp3) is 0.714. The van der Waals surface area contributed by atoms with Gasteiger partial charge in [0.1, 0.15) is 0 Å². The summed E-state index contributed by atoms with van der Waals surface area (Å²) < 4.78 is 0. The SMILES string of the molecule is CC1=CCC2(C)C3C=CC(C)(CC13)C2O. The maximum Gasteiger partial charge on any atom is 0.0690 e. The van der Waals surface area contributed by atoms with E-state index in [1.165, 1.54) is 0 Å². The van der Waals surface area contributed by atoms with Crippen LogP contribution >= 0.6 is 0 Å². The second-order valence-electron chi connectivity index (χ2n) is 6.26. The molecule has 4 aliphatic carbocycles. The van der Waals surface area contributed by atoms with Crippen LogP contribution in [0.4, 0.5) is 0 Å². The number of rotatable bonds is 0. The number of hydrogen-bond acceptors (Lipinski definition) is 1. The first-order valence-electron chi connectivity index (χ1n) is 6.01. The Bertz CT molecular complexity index is 368. The summed E-state index contributed by atoms with van der Waals surface area (Å²) >= 11 is 0. The number of allylic oxidation sites excluding steroid dienone is 3. The Morgan fingerprint density at radius 1 is 1.40 bits per heavy atom. The molecule has 0 heterocycles. The Kier molecular flexibility index (Phi) is 1.65. The highest BCUT2D eigenvalue weighted by Gasteiger charge is 2.59. The van der Waals surface area contributed by atoms with Crippen LogP contribution in [-0.4, -0.2) is 11.2 Å². The number of aliphatic hydroxyl groups is 1. The van der Waals surface area contributed by atoms with Gasteiger partial charge >= 0.3 is 0 Å². The van der Waals surface area contributed by atoms with Gasteiger partial charge in [0, 0.05) is 10.8 Å². The first-order valence-corrected chi connectivity index (χ1v) is 6.01. The molecule has 0 amide bonds. The van der Waals surface area contributed by atoms with E-state index >= 15 is 0 Å². The molecule has 15 heavy (non-hydrogen) atoms. The van der Waals surface area contributed by atoms with Crippen LogP contribution in [0, 0.1) is 22.7 Å². The van der Waals surface area contributed by atoms with Crippen molar-refractivity contribution in [3.63, 3.8) is 0 Å². The zero-order chi connectivity index (χ0) is 10.8. The van der Waals surface area contributed by atoms with Crippen molar-refractivity contribution in [1.82, 2.24) is 0 Å². The molecule has 0 radical (unpaired) electrons. The first-order chi connectivity index (χ1) is 6.97. The highest BCUT2D eigenvalue weighted by atomic mass is 16.3. The lowest BCUT2D eigenvalue weighted by atomic mass is 9.45. The third-order valence-corrected chi connectivity index (χ3v) is 5.24. The largest absolute Gasteiger partial charge is 0.392 e. The summed E-state index contributed by atoms with van der Waals surface area (Å²) in [4.78, 5) is 0. The molecule has 0 aliphatic heterocycles. The van der Waals surface area contributed by atoms with Crippen molar-refractivity contribution in [2.45, 2.75) is 39.7 Å². The van der Waals surface area contributed by atoms with E-state index < -0.39 is 0 Å². The molecule has 82 valence electrons. The van der Waals surface area contributed by atoms with E-state index in [-0.39, 0.29) is 16.9 Å². The standard InChI is InChI=1S/C14H20O/c1-9-4-7-14(3)11-5-6-13(2,12(14)15)8-10(9)11/h4-6,10-12,15H,7-8H2,1-3H3. The Hall–Kier alpha value is -0.560. The molecule has 5 atom stereocenters. The van der Waals surface area contributed by atoms with Crippen molar-refractivity contribution < 1.29 is 5.11 Å². The predicted octanol–water partition coefficient (Wildman–Crippen LogP) is 2.92. The van der Waals surface area contributed by atoms with Crippen molar-refractivity contribution in [3.8, 4) is 0 Å². The lowest BCUT2D eigenvalue weighted by molar-refractivity contribution is -0.124. The molecule has 1 fully saturated rings. The Balaban J connectivity index is 2.18. The van der Waals surface area contributed by atoms with Gasteiger partial charge < -0.3 is 5.11 Å². The van der Waals surface area contributed by atoms with Gasteiger partial charge in [0.2, 0.25) is 0 Å². The highest BCUT2D eigenvalue weighted by Crippen LogP contribution is 2.62. The lowest BCUT2D eigenvalue weighted by Gasteiger charge is -2.61. The Morgan fingerprint density at radius 2 is 2.13 bits per heavy atom. The van der Waals surface area contributed by atoms with Crippen LogP contribution in [0.25, 0.3) is 0 Å². The minimum Gasteiger partial charge on any atom is -0.392 e. The minimum absolute atomic E-state index is 0.0175. The zero-order valence-corrected chi connectivity index (χ0v) is 9.83. The van der Waals surface area contributed by atoms with Gasteiger partial charge in [-0.25, -0.2) is 0 Å². The molecule has 0 aromatic heterocycles. The fourth-order valence-corrected chi connectivity index (χ4v) is 4.17. The van der Waals surface area contributed by atoms with E-state index in [1.807, 2.05) is 0 Å². The highest BCUT2D eigenvalue weighted by molar-refractivity contribution is 5.31. The van der Waals surface area contributed by atoms with Gasteiger partial charge in [0.15, 0.2) is 0 Å². The lowest BCUT2D eigenvalue weighted by Crippen LogP contribution is -2.59. The predicted molar refractivity (Wildman–Crippen MR) is 61.3 cm³/mol. The van der Waals surface area contributed by atoms with Crippen molar-refractivity contribution in [2.75, 3.05) is 0 Å². The second-order valence-corrected chi connectivity index (χ2v) is 6.26. The second kappa shape index (κ2) is 2.57. The Morgan fingerprint density at radius 3 is 2.87 bits per heavy atom. The molecule has 5 unspecified atom stereocenters. The van der Waals surface area contributed by atoms with Gasteiger partial charge in [0.05, 0.1) is 6.10 Å². The molecule has 0 saturated heterocycles. The summed E-state index contributed by atoms with van der Waals surface area (Å²) in [7, 11) is 0. The summed E-state index contributed by atoms with van der Waals surface area (Å²) in [5.74, 6) is 1.25. The summed E-state index contributed by atoms with van der Waals surface area (Å²) in [6.07, 6.45) is 8.99.